The van der Waals surface area contributed by atoms with Gasteiger partial charge < -0.3 is 51.5 Å². The van der Waals surface area contributed by atoms with Gasteiger partial charge in [0.1, 0.15) is 48.8 Å². The molecule has 5 aromatic rings. The summed E-state index contributed by atoms with van der Waals surface area (Å²) in [6.45, 7) is 15.1. The summed E-state index contributed by atoms with van der Waals surface area (Å²) in [6, 6.07) is 50.5. The maximum atomic E-state index is 7.63. The van der Waals surface area contributed by atoms with Crippen LogP contribution in [0.3, 0.4) is 0 Å². The van der Waals surface area contributed by atoms with Gasteiger partial charge in [-0.2, -0.15) is 0 Å². The van der Waals surface area contributed by atoms with E-state index in [0.29, 0.717) is 26.4 Å². The lowest BCUT2D eigenvalue weighted by molar-refractivity contribution is -0.344. The van der Waals surface area contributed by atoms with Crippen LogP contribution in [0.15, 0.2) is 152 Å². The van der Waals surface area contributed by atoms with Gasteiger partial charge in [0, 0.05) is 17.2 Å². The molecule has 2 bridgehead atoms. The molecule has 364 valence electrons. The van der Waals surface area contributed by atoms with Gasteiger partial charge in [0.05, 0.1) is 46.2 Å². The zero-order valence-corrected chi connectivity index (χ0v) is 41.6. The quantitative estimate of drug-likeness (QED) is 0.0740. The predicted molar refractivity (Wildman–Crippen MR) is 261 cm³/mol. The van der Waals surface area contributed by atoms with Crippen LogP contribution in [0.1, 0.15) is 69.4 Å². The van der Waals surface area contributed by atoms with Crippen LogP contribution < -0.4 is 0 Å². The molecule has 3 aliphatic rings. The van der Waals surface area contributed by atoms with Crippen molar-refractivity contribution in [1.29, 1.82) is 0 Å². The zero-order chi connectivity index (χ0) is 47.6. The summed E-state index contributed by atoms with van der Waals surface area (Å²) < 4.78 is 76.3. The van der Waals surface area contributed by atoms with Crippen molar-refractivity contribution in [1.82, 2.24) is 0 Å². The standard InChI is InChI=1S/C56H70O11Si/c1-55(2,3)68(56(4,5)6)64-39-46-48(59-34-41-25-15-9-16-26-41)50(67-68)52(62-37-44-31-21-12-22-32-44)54(66-46)63-38-45-47(58-33-40-23-13-8-14-24-40)49(60-35-42-27-17-10-18-28-42)51(53(57-7)65-45)61-36-43-29-19-11-20-30-43/h8-32,45-54H,33-39H2,1-7H3/t45-,46-,47-,48-,49+,50+,51-,52-,53+,54-/m1/s1. The first-order valence-corrected chi connectivity index (χ1v) is 25.8. The lowest BCUT2D eigenvalue weighted by atomic mass is 9.97. The number of hydrogen-bond donors (Lipinski definition) is 0. The summed E-state index contributed by atoms with van der Waals surface area (Å²) in [6.07, 6.45) is -6.91. The molecule has 8 rings (SSSR count). The fraction of sp³-hybridized carbons (Fsp3) is 0.464. The minimum absolute atomic E-state index is 0.0305. The van der Waals surface area contributed by atoms with Crippen LogP contribution in [0.4, 0.5) is 0 Å². The number of hydrogen-bond acceptors (Lipinski definition) is 11. The van der Waals surface area contributed by atoms with E-state index in [2.05, 4.69) is 53.7 Å². The first kappa shape index (κ1) is 50.3. The van der Waals surface area contributed by atoms with Crippen LogP contribution in [0, 0.1) is 0 Å². The van der Waals surface area contributed by atoms with Gasteiger partial charge in [0.25, 0.3) is 0 Å². The molecule has 12 heteroatoms. The largest absolute Gasteiger partial charge is 0.391 e. The maximum Gasteiger partial charge on any atom is 0.349 e. The van der Waals surface area contributed by atoms with Crippen molar-refractivity contribution in [3.05, 3.63) is 179 Å². The summed E-state index contributed by atoms with van der Waals surface area (Å²) >= 11 is 0. The van der Waals surface area contributed by atoms with Gasteiger partial charge in [0.15, 0.2) is 12.6 Å². The molecule has 5 aromatic carbocycles. The van der Waals surface area contributed by atoms with Crippen LogP contribution in [0.25, 0.3) is 0 Å². The first-order valence-electron chi connectivity index (χ1n) is 24.0. The van der Waals surface area contributed by atoms with Crippen molar-refractivity contribution in [2.45, 2.75) is 146 Å². The van der Waals surface area contributed by atoms with Gasteiger partial charge in [-0.05, 0) is 27.8 Å². The minimum atomic E-state index is -3.15. The monoisotopic (exact) mass is 946 g/mol. The molecule has 3 saturated heterocycles. The minimum Gasteiger partial charge on any atom is -0.391 e. The normalized spacial score (nSPS) is 27.3. The summed E-state index contributed by atoms with van der Waals surface area (Å²) in [7, 11) is -1.53. The highest BCUT2D eigenvalue weighted by Gasteiger charge is 2.65. The molecule has 3 fully saturated rings. The third-order valence-corrected chi connectivity index (χ3v) is 18.1. The molecule has 3 heterocycles. The Hall–Kier alpha value is -4.12. The van der Waals surface area contributed by atoms with E-state index < -0.39 is 70.0 Å². The number of ether oxygens (including phenoxy) is 9. The maximum absolute atomic E-state index is 7.63. The molecule has 10 atom stereocenters. The SMILES string of the molecule is CO[C@H]1O[C@H](CO[C@@H]2O[C@@H]3CO[Si](C(C)(C)C)(C(C)(C)C)O[C@H]([C@H]2OCc2ccccc2)[C@@H]3OCc2ccccc2)[C@@H](OCc2ccccc2)[C@H](OCc2ccccc2)[C@H]1OCc1ccccc1. The number of benzene rings is 5. The second kappa shape index (κ2) is 23.2. The molecule has 11 nitrogen and oxygen atoms in total. The summed E-state index contributed by atoms with van der Waals surface area (Å²) in [4.78, 5) is 0. The molecule has 0 unspecified atom stereocenters. The van der Waals surface area contributed by atoms with E-state index in [1.54, 1.807) is 7.11 Å². The summed E-state index contributed by atoms with van der Waals surface area (Å²) in [5.74, 6) is 0. The average Bonchev–Trinajstić information content (AvgIpc) is 3.47. The van der Waals surface area contributed by atoms with Gasteiger partial charge in [0.2, 0.25) is 0 Å². The molecule has 0 spiro atoms. The second-order valence-electron chi connectivity index (χ2n) is 20.0. The van der Waals surface area contributed by atoms with Crippen LogP contribution in [0.2, 0.25) is 10.1 Å². The zero-order valence-electron chi connectivity index (χ0n) is 40.6. The predicted octanol–water partition coefficient (Wildman–Crippen LogP) is 10.5. The Morgan fingerprint density at radius 2 is 0.824 bits per heavy atom. The van der Waals surface area contributed by atoms with Gasteiger partial charge in [-0.15, -0.1) is 0 Å². The van der Waals surface area contributed by atoms with Crippen LogP contribution in [-0.4, -0.2) is 90.3 Å². The third kappa shape index (κ3) is 12.2. The molecule has 3 aliphatic heterocycles. The third-order valence-electron chi connectivity index (χ3n) is 13.0. The molecule has 0 aromatic heterocycles. The molecular weight excluding hydrogens is 877 g/mol. The fourth-order valence-corrected chi connectivity index (χ4v) is 14.7. The van der Waals surface area contributed by atoms with E-state index >= 15 is 0 Å². The Morgan fingerprint density at radius 3 is 1.24 bits per heavy atom. The highest BCUT2D eigenvalue weighted by molar-refractivity contribution is 6.73. The molecule has 0 saturated carbocycles. The Labute approximate surface area is 404 Å². The van der Waals surface area contributed by atoms with E-state index in [9.17, 15) is 0 Å². The fourth-order valence-electron chi connectivity index (χ4n) is 9.79. The Morgan fingerprint density at radius 1 is 0.441 bits per heavy atom. The Kier molecular flexibility index (Phi) is 17.1. The van der Waals surface area contributed by atoms with Crippen LogP contribution in [-0.2, 0) is 84.5 Å². The van der Waals surface area contributed by atoms with Crippen molar-refractivity contribution >= 4 is 8.56 Å². The van der Waals surface area contributed by atoms with E-state index in [0.717, 1.165) is 27.8 Å². The molecule has 0 N–H and O–H groups in total. The van der Waals surface area contributed by atoms with E-state index in [-0.39, 0.29) is 29.9 Å². The molecule has 0 radical (unpaired) electrons. The molecular formula is C56H70O11Si. The van der Waals surface area contributed by atoms with Crippen molar-refractivity contribution in [2.75, 3.05) is 20.3 Å². The Bertz CT molecular complexity index is 2210. The van der Waals surface area contributed by atoms with Gasteiger partial charge in [-0.25, -0.2) is 0 Å². The second-order valence-corrected chi connectivity index (χ2v) is 24.7. The lowest BCUT2D eigenvalue weighted by Gasteiger charge is -2.51. The van der Waals surface area contributed by atoms with Gasteiger partial charge >= 0.3 is 8.56 Å². The van der Waals surface area contributed by atoms with Gasteiger partial charge in [-0.3, -0.25) is 0 Å². The summed E-state index contributed by atoms with van der Waals surface area (Å²) in [5.41, 5.74) is 5.07. The Balaban J connectivity index is 1.13. The highest BCUT2D eigenvalue weighted by Crippen LogP contribution is 2.55. The van der Waals surface area contributed by atoms with E-state index in [1.807, 2.05) is 140 Å². The highest BCUT2D eigenvalue weighted by atomic mass is 28.4. The van der Waals surface area contributed by atoms with Crippen LogP contribution in [0.5, 0.6) is 0 Å². The van der Waals surface area contributed by atoms with E-state index in [1.165, 1.54) is 0 Å². The van der Waals surface area contributed by atoms with Crippen molar-refractivity contribution < 1.29 is 51.5 Å². The number of methoxy groups -OCH3 is 1. The van der Waals surface area contributed by atoms with Gasteiger partial charge in [-0.1, -0.05) is 193 Å². The topological polar surface area (TPSA) is 102 Å². The smallest absolute Gasteiger partial charge is 0.349 e. The number of rotatable bonds is 19. The van der Waals surface area contributed by atoms with Crippen molar-refractivity contribution in [3.8, 4) is 0 Å². The molecule has 0 aliphatic carbocycles. The molecule has 0 amide bonds. The van der Waals surface area contributed by atoms with Crippen molar-refractivity contribution in [2.24, 2.45) is 0 Å². The van der Waals surface area contributed by atoms with Crippen LogP contribution >= 0.6 is 0 Å². The van der Waals surface area contributed by atoms with E-state index in [4.69, 9.17) is 51.5 Å². The van der Waals surface area contributed by atoms with Crippen molar-refractivity contribution in [3.63, 3.8) is 0 Å². The average molecular weight is 947 g/mol. The molecule has 68 heavy (non-hydrogen) atoms. The number of fused-ring (bicyclic) bond motifs is 2. The summed E-state index contributed by atoms with van der Waals surface area (Å²) in [5, 5.41) is -0.676. The lowest BCUT2D eigenvalue weighted by Crippen LogP contribution is -2.65. The first-order chi connectivity index (χ1) is 32.9.